The van der Waals surface area contributed by atoms with E-state index >= 15 is 0 Å². The summed E-state index contributed by atoms with van der Waals surface area (Å²) in [5.41, 5.74) is 1.82. The standard InChI is InChI=1S/C22H35N3O2/c1-18(2)10-5-3-4-7-14-23-22(27)24-20-12-9-11-19(16-20)17-25-15-8-6-13-21(25)26/h9,11-12,16,18H,3-8,10,13-15,17H2,1-2H3,(H2,23,24,27). The van der Waals surface area contributed by atoms with Gasteiger partial charge in [0.1, 0.15) is 0 Å². The number of anilines is 1. The number of hydrogen-bond donors (Lipinski definition) is 2. The number of unbranched alkanes of at least 4 members (excludes halogenated alkanes) is 3. The second-order valence-electron chi connectivity index (χ2n) is 7.95. The Hall–Kier alpha value is -2.04. The van der Waals surface area contributed by atoms with Crippen LogP contribution in [0.5, 0.6) is 0 Å². The van der Waals surface area contributed by atoms with E-state index in [0.29, 0.717) is 19.5 Å². The molecule has 0 aromatic heterocycles. The van der Waals surface area contributed by atoms with E-state index in [1.807, 2.05) is 29.2 Å². The largest absolute Gasteiger partial charge is 0.338 e. The van der Waals surface area contributed by atoms with Crippen LogP contribution in [0.3, 0.4) is 0 Å². The fourth-order valence-corrected chi connectivity index (χ4v) is 3.41. The summed E-state index contributed by atoms with van der Waals surface area (Å²) in [6.07, 6.45) is 8.69. The molecule has 5 heteroatoms. The van der Waals surface area contributed by atoms with Crippen LogP contribution in [0.1, 0.15) is 70.8 Å². The van der Waals surface area contributed by atoms with Gasteiger partial charge < -0.3 is 15.5 Å². The van der Waals surface area contributed by atoms with Gasteiger partial charge in [-0.15, -0.1) is 0 Å². The quantitative estimate of drug-likeness (QED) is 0.571. The van der Waals surface area contributed by atoms with Crippen LogP contribution in [0, 0.1) is 5.92 Å². The molecule has 150 valence electrons. The minimum absolute atomic E-state index is 0.164. The van der Waals surface area contributed by atoms with Gasteiger partial charge in [0.25, 0.3) is 0 Å². The molecule has 1 aliphatic heterocycles. The predicted octanol–water partition coefficient (Wildman–Crippen LogP) is 4.93. The highest BCUT2D eigenvalue weighted by molar-refractivity contribution is 5.89. The number of benzene rings is 1. The summed E-state index contributed by atoms with van der Waals surface area (Å²) in [5.74, 6) is 1.00. The van der Waals surface area contributed by atoms with Crippen molar-refractivity contribution in [3.8, 4) is 0 Å². The molecule has 27 heavy (non-hydrogen) atoms. The molecule has 1 saturated heterocycles. The van der Waals surface area contributed by atoms with Gasteiger partial charge in [-0.05, 0) is 42.9 Å². The zero-order valence-corrected chi connectivity index (χ0v) is 16.9. The summed E-state index contributed by atoms with van der Waals surface area (Å²) in [5, 5.41) is 5.82. The monoisotopic (exact) mass is 373 g/mol. The minimum Gasteiger partial charge on any atom is -0.338 e. The third kappa shape index (κ3) is 8.46. The van der Waals surface area contributed by atoms with Crippen LogP contribution in [-0.2, 0) is 11.3 Å². The molecule has 0 unspecified atom stereocenters. The highest BCUT2D eigenvalue weighted by Gasteiger charge is 2.18. The molecule has 1 fully saturated rings. The number of likely N-dealkylation sites (tertiary alicyclic amines) is 1. The molecule has 0 radical (unpaired) electrons. The molecule has 0 aliphatic carbocycles. The Balaban J connectivity index is 1.67. The van der Waals surface area contributed by atoms with Crippen LogP contribution in [0.25, 0.3) is 0 Å². The molecule has 3 amide bonds. The van der Waals surface area contributed by atoms with Crippen LogP contribution in [-0.4, -0.2) is 29.9 Å². The van der Waals surface area contributed by atoms with Crippen molar-refractivity contribution in [2.75, 3.05) is 18.4 Å². The Morgan fingerprint density at radius 1 is 1.15 bits per heavy atom. The zero-order chi connectivity index (χ0) is 19.5. The molecule has 0 bridgehead atoms. The summed E-state index contributed by atoms with van der Waals surface area (Å²) in [6.45, 7) is 6.66. The fraction of sp³-hybridized carbons (Fsp3) is 0.636. The summed E-state index contributed by atoms with van der Waals surface area (Å²) in [4.78, 5) is 25.9. The molecular weight excluding hydrogens is 338 g/mol. The lowest BCUT2D eigenvalue weighted by atomic mass is 10.0. The first kappa shape index (κ1) is 21.3. The third-order valence-electron chi connectivity index (χ3n) is 4.97. The molecule has 1 aromatic carbocycles. The fourth-order valence-electron chi connectivity index (χ4n) is 3.41. The van der Waals surface area contributed by atoms with Crippen molar-refractivity contribution in [1.82, 2.24) is 10.2 Å². The first-order valence-electron chi connectivity index (χ1n) is 10.5. The van der Waals surface area contributed by atoms with Crippen molar-refractivity contribution in [1.29, 1.82) is 0 Å². The van der Waals surface area contributed by atoms with Gasteiger partial charge in [0, 0.05) is 31.7 Å². The lowest BCUT2D eigenvalue weighted by Crippen LogP contribution is -2.34. The van der Waals surface area contributed by atoms with Crippen LogP contribution < -0.4 is 10.6 Å². The van der Waals surface area contributed by atoms with Crippen molar-refractivity contribution >= 4 is 17.6 Å². The summed E-state index contributed by atoms with van der Waals surface area (Å²) in [7, 11) is 0. The molecule has 5 nitrogen and oxygen atoms in total. The number of carbonyl (C=O) groups is 2. The smallest absolute Gasteiger partial charge is 0.319 e. The number of piperidine rings is 1. The van der Waals surface area contributed by atoms with E-state index in [9.17, 15) is 9.59 Å². The molecule has 0 spiro atoms. The third-order valence-corrected chi connectivity index (χ3v) is 4.97. The molecule has 1 aromatic rings. The Morgan fingerprint density at radius 2 is 1.96 bits per heavy atom. The number of rotatable bonds is 10. The van der Waals surface area contributed by atoms with Crippen LogP contribution in [0.2, 0.25) is 0 Å². The van der Waals surface area contributed by atoms with Gasteiger partial charge in [-0.2, -0.15) is 0 Å². The number of amides is 3. The van der Waals surface area contributed by atoms with E-state index in [0.717, 1.165) is 49.4 Å². The van der Waals surface area contributed by atoms with Gasteiger partial charge in [0.15, 0.2) is 0 Å². The van der Waals surface area contributed by atoms with E-state index in [1.54, 1.807) is 0 Å². The maximum absolute atomic E-state index is 12.1. The van der Waals surface area contributed by atoms with Gasteiger partial charge in [0.2, 0.25) is 5.91 Å². The maximum Gasteiger partial charge on any atom is 0.319 e. The average Bonchev–Trinajstić information content (AvgIpc) is 2.63. The van der Waals surface area contributed by atoms with E-state index in [2.05, 4.69) is 24.5 Å². The summed E-state index contributed by atoms with van der Waals surface area (Å²) in [6, 6.07) is 7.60. The van der Waals surface area contributed by atoms with Crippen molar-refractivity contribution in [3.63, 3.8) is 0 Å². The predicted molar refractivity (Wildman–Crippen MR) is 111 cm³/mol. The number of nitrogens with one attached hydrogen (secondary N) is 2. The lowest BCUT2D eigenvalue weighted by molar-refractivity contribution is -0.133. The Morgan fingerprint density at radius 3 is 2.74 bits per heavy atom. The van der Waals surface area contributed by atoms with E-state index < -0.39 is 0 Å². The Kier molecular flexibility index (Phi) is 9.16. The van der Waals surface area contributed by atoms with E-state index in [1.165, 1.54) is 19.3 Å². The van der Waals surface area contributed by atoms with Gasteiger partial charge >= 0.3 is 6.03 Å². The molecule has 1 heterocycles. The second kappa shape index (κ2) is 11.6. The highest BCUT2D eigenvalue weighted by atomic mass is 16.2. The average molecular weight is 374 g/mol. The molecular formula is C22H35N3O2. The van der Waals surface area contributed by atoms with Crippen LogP contribution in [0.15, 0.2) is 24.3 Å². The van der Waals surface area contributed by atoms with Gasteiger partial charge in [-0.3, -0.25) is 4.79 Å². The molecule has 1 aliphatic rings. The summed E-state index contributed by atoms with van der Waals surface area (Å²) < 4.78 is 0. The van der Waals surface area contributed by atoms with E-state index in [-0.39, 0.29) is 11.9 Å². The second-order valence-corrected chi connectivity index (χ2v) is 7.95. The molecule has 2 N–H and O–H groups in total. The van der Waals surface area contributed by atoms with Crippen molar-refractivity contribution in [3.05, 3.63) is 29.8 Å². The van der Waals surface area contributed by atoms with Crippen molar-refractivity contribution in [2.24, 2.45) is 5.92 Å². The Bertz CT molecular complexity index is 601. The number of hydrogen-bond acceptors (Lipinski definition) is 2. The first-order chi connectivity index (χ1) is 13.0. The van der Waals surface area contributed by atoms with E-state index in [4.69, 9.17) is 0 Å². The minimum atomic E-state index is -0.164. The Labute approximate surface area is 163 Å². The normalized spacial score (nSPS) is 14.5. The highest BCUT2D eigenvalue weighted by Crippen LogP contribution is 2.17. The number of nitrogens with zero attached hydrogens (tertiary/aromatic N) is 1. The lowest BCUT2D eigenvalue weighted by Gasteiger charge is -2.26. The number of urea groups is 1. The number of carbonyl (C=O) groups excluding carboxylic acids is 2. The van der Waals surface area contributed by atoms with Gasteiger partial charge in [0.05, 0.1) is 0 Å². The van der Waals surface area contributed by atoms with Crippen LogP contribution >= 0.6 is 0 Å². The SMILES string of the molecule is CC(C)CCCCCCNC(=O)Nc1cccc(CN2CCCCC2=O)c1. The molecule has 2 rings (SSSR count). The first-order valence-corrected chi connectivity index (χ1v) is 10.5. The zero-order valence-electron chi connectivity index (χ0n) is 16.9. The maximum atomic E-state index is 12.1. The van der Waals surface area contributed by atoms with Crippen molar-refractivity contribution < 1.29 is 9.59 Å². The van der Waals surface area contributed by atoms with Gasteiger partial charge in [-0.1, -0.05) is 51.7 Å². The van der Waals surface area contributed by atoms with Crippen molar-refractivity contribution in [2.45, 2.75) is 71.8 Å². The molecule has 0 atom stereocenters. The van der Waals surface area contributed by atoms with Gasteiger partial charge in [-0.25, -0.2) is 4.79 Å². The topological polar surface area (TPSA) is 61.4 Å². The summed E-state index contributed by atoms with van der Waals surface area (Å²) >= 11 is 0. The molecule has 0 saturated carbocycles. The van der Waals surface area contributed by atoms with Crippen LogP contribution in [0.4, 0.5) is 10.5 Å².